The highest BCUT2D eigenvalue weighted by Gasteiger charge is 2.15. The lowest BCUT2D eigenvalue weighted by Gasteiger charge is -2.19. The molecular weight excluding hydrogens is 256 g/mol. The van der Waals surface area contributed by atoms with E-state index in [1.54, 1.807) is 6.20 Å². The number of hydrogen-bond acceptors (Lipinski definition) is 5. The standard InChI is InChI=1S/C14H24N4O2/c1-11-15-10-7-12(18-11)16-8-5-6-9-17-13(19)20-14(2,3)4/h7,10H,5-6,8-9H2,1-4H3,(H,17,19)(H,15,16,18). The normalized spacial score (nSPS) is 11.0. The molecule has 0 aromatic carbocycles. The van der Waals surface area contributed by atoms with E-state index < -0.39 is 5.60 Å². The first-order chi connectivity index (χ1) is 9.37. The summed E-state index contributed by atoms with van der Waals surface area (Å²) in [6.45, 7) is 8.82. The van der Waals surface area contributed by atoms with E-state index in [-0.39, 0.29) is 6.09 Å². The summed E-state index contributed by atoms with van der Waals surface area (Å²) in [4.78, 5) is 19.7. The zero-order valence-electron chi connectivity index (χ0n) is 12.7. The lowest BCUT2D eigenvalue weighted by Crippen LogP contribution is -2.33. The van der Waals surface area contributed by atoms with Gasteiger partial charge in [0.25, 0.3) is 0 Å². The SMILES string of the molecule is Cc1nccc(NCCCCNC(=O)OC(C)(C)C)n1. The van der Waals surface area contributed by atoms with E-state index in [0.717, 1.165) is 31.0 Å². The van der Waals surface area contributed by atoms with Gasteiger partial charge in [-0.25, -0.2) is 14.8 Å². The molecule has 20 heavy (non-hydrogen) atoms. The number of hydrogen-bond donors (Lipinski definition) is 2. The van der Waals surface area contributed by atoms with E-state index >= 15 is 0 Å². The lowest BCUT2D eigenvalue weighted by atomic mass is 10.2. The Morgan fingerprint density at radius 2 is 2.00 bits per heavy atom. The van der Waals surface area contributed by atoms with E-state index in [1.165, 1.54) is 0 Å². The molecule has 0 fully saturated rings. The summed E-state index contributed by atoms with van der Waals surface area (Å²) in [5.74, 6) is 1.58. The van der Waals surface area contributed by atoms with Crippen molar-refractivity contribution in [3.05, 3.63) is 18.1 Å². The quantitative estimate of drug-likeness (QED) is 0.783. The third-order valence-corrected chi connectivity index (χ3v) is 2.35. The van der Waals surface area contributed by atoms with Gasteiger partial charge in [-0.2, -0.15) is 0 Å². The average molecular weight is 280 g/mol. The molecule has 112 valence electrons. The highest BCUT2D eigenvalue weighted by atomic mass is 16.6. The molecule has 0 saturated heterocycles. The molecule has 1 aromatic heterocycles. The molecule has 0 aliphatic heterocycles. The molecule has 6 nitrogen and oxygen atoms in total. The summed E-state index contributed by atoms with van der Waals surface area (Å²) in [6, 6.07) is 1.84. The smallest absolute Gasteiger partial charge is 0.407 e. The molecule has 0 unspecified atom stereocenters. The Morgan fingerprint density at radius 1 is 1.30 bits per heavy atom. The number of aryl methyl sites for hydroxylation is 1. The van der Waals surface area contributed by atoms with E-state index in [4.69, 9.17) is 4.74 Å². The van der Waals surface area contributed by atoms with Crippen molar-refractivity contribution in [3.63, 3.8) is 0 Å². The van der Waals surface area contributed by atoms with Gasteiger partial charge in [-0.15, -0.1) is 0 Å². The molecule has 0 radical (unpaired) electrons. The Labute approximate surface area is 120 Å². The fraction of sp³-hybridized carbons (Fsp3) is 0.643. The molecule has 1 rings (SSSR count). The fourth-order valence-corrected chi connectivity index (χ4v) is 1.53. The molecule has 1 heterocycles. The number of aromatic nitrogens is 2. The van der Waals surface area contributed by atoms with Gasteiger partial charge in [0.2, 0.25) is 0 Å². The molecular formula is C14H24N4O2. The number of nitrogens with one attached hydrogen (secondary N) is 2. The molecule has 0 aliphatic carbocycles. The third-order valence-electron chi connectivity index (χ3n) is 2.35. The van der Waals surface area contributed by atoms with Crippen LogP contribution in [0.15, 0.2) is 12.3 Å². The number of anilines is 1. The zero-order valence-corrected chi connectivity index (χ0v) is 12.7. The summed E-state index contributed by atoms with van der Waals surface area (Å²) < 4.78 is 5.14. The lowest BCUT2D eigenvalue weighted by molar-refractivity contribution is 0.0527. The maximum atomic E-state index is 11.4. The summed E-state index contributed by atoms with van der Waals surface area (Å²) in [5, 5.41) is 5.95. The number of unbranched alkanes of at least 4 members (excludes halogenated alkanes) is 1. The van der Waals surface area contributed by atoms with E-state index in [1.807, 2.05) is 33.8 Å². The molecule has 1 amide bonds. The number of carbonyl (C=O) groups is 1. The second-order valence-corrected chi connectivity index (χ2v) is 5.55. The molecule has 0 bridgehead atoms. The minimum absolute atomic E-state index is 0.364. The number of carbonyl (C=O) groups excluding carboxylic acids is 1. The molecule has 0 spiro atoms. The number of ether oxygens (including phenoxy) is 1. The van der Waals surface area contributed by atoms with Crippen molar-refractivity contribution in [1.29, 1.82) is 0 Å². The van der Waals surface area contributed by atoms with Crippen LogP contribution in [0.3, 0.4) is 0 Å². The summed E-state index contributed by atoms with van der Waals surface area (Å²) in [6.07, 6.45) is 3.20. The summed E-state index contributed by atoms with van der Waals surface area (Å²) in [5.41, 5.74) is -0.448. The van der Waals surface area contributed by atoms with Crippen LogP contribution >= 0.6 is 0 Å². The van der Waals surface area contributed by atoms with Gasteiger partial charge in [-0.3, -0.25) is 0 Å². The Balaban J connectivity index is 2.07. The Hall–Kier alpha value is -1.85. The highest BCUT2D eigenvalue weighted by molar-refractivity contribution is 5.67. The molecule has 0 aliphatic rings. The van der Waals surface area contributed by atoms with Gasteiger partial charge in [0.15, 0.2) is 0 Å². The van der Waals surface area contributed by atoms with Crippen LogP contribution in [0.25, 0.3) is 0 Å². The molecule has 0 saturated carbocycles. The number of alkyl carbamates (subject to hydrolysis) is 1. The molecule has 6 heteroatoms. The van der Waals surface area contributed by atoms with Crippen LogP contribution in [-0.4, -0.2) is 34.8 Å². The van der Waals surface area contributed by atoms with Crippen molar-refractivity contribution in [2.24, 2.45) is 0 Å². The first-order valence-electron chi connectivity index (χ1n) is 6.87. The van der Waals surface area contributed by atoms with E-state index in [9.17, 15) is 4.79 Å². The number of nitrogens with zero attached hydrogens (tertiary/aromatic N) is 2. The van der Waals surface area contributed by atoms with Crippen molar-refractivity contribution in [1.82, 2.24) is 15.3 Å². The summed E-state index contributed by atoms with van der Waals surface area (Å²) >= 11 is 0. The predicted octanol–water partition coefficient (Wildman–Crippen LogP) is 2.50. The first-order valence-corrected chi connectivity index (χ1v) is 6.87. The Bertz CT molecular complexity index is 429. The second kappa shape index (κ2) is 7.67. The van der Waals surface area contributed by atoms with Crippen molar-refractivity contribution in [2.75, 3.05) is 18.4 Å². The van der Waals surface area contributed by atoms with Crippen LogP contribution in [0.4, 0.5) is 10.6 Å². The van der Waals surface area contributed by atoms with E-state index in [0.29, 0.717) is 6.54 Å². The van der Waals surface area contributed by atoms with Crippen LogP contribution in [-0.2, 0) is 4.74 Å². The minimum atomic E-state index is -0.448. The van der Waals surface area contributed by atoms with Gasteiger partial charge in [-0.05, 0) is 46.6 Å². The van der Waals surface area contributed by atoms with Crippen molar-refractivity contribution in [3.8, 4) is 0 Å². The van der Waals surface area contributed by atoms with Crippen molar-refractivity contribution < 1.29 is 9.53 Å². The minimum Gasteiger partial charge on any atom is -0.444 e. The fourth-order valence-electron chi connectivity index (χ4n) is 1.53. The van der Waals surface area contributed by atoms with Gasteiger partial charge in [0.05, 0.1) is 0 Å². The van der Waals surface area contributed by atoms with Crippen molar-refractivity contribution in [2.45, 2.75) is 46.1 Å². The van der Waals surface area contributed by atoms with Gasteiger partial charge in [0, 0.05) is 19.3 Å². The maximum Gasteiger partial charge on any atom is 0.407 e. The monoisotopic (exact) mass is 280 g/mol. The van der Waals surface area contributed by atoms with Crippen LogP contribution in [0.2, 0.25) is 0 Å². The predicted molar refractivity (Wildman–Crippen MR) is 78.7 cm³/mol. The van der Waals surface area contributed by atoms with Crippen molar-refractivity contribution >= 4 is 11.9 Å². The Kier molecular flexibility index (Phi) is 6.21. The van der Waals surface area contributed by atoms with Crippen LogP contribution in [0.1, 0.15) is 39.4 Å². The van der Waals surface area contributed by atoms with Gasteiger partial charge >= 0.3 is 6.09 Å². The van der Waals surface area contributed by atoms with Gasteiger partial charge in [0.1, 0.15) is 17.2 Å². The second-order valence-electron chi connectivity index (χ2n) is 5.55. The first kappa shape index (κ1) is 16.2. The molecule has 0 atom stereocenters. The number of amides is 1. The average Bonchev–Trinajstić information content (AvgIpc) is 2.31. The third kappa shape index (κ3) is 7.56. The molecule has 2 N–H and O–H groups in total. The van der Waals surface area contributed by atoms with Gasteiger partial charge in [-0.1, -0.05) is 0 Å². The topological polar surface area (TPSA) is 76.1 Å². The zero-order chi connectivity index (χ0) is 15.0. The van der Waals surface area contributed by atoms with E-state index in [2.05, 4.69) is 20.6 Å². The Morgan fingerprint density at radius 3 is 2.65 bits per heavy atom. The highest BCUT2D eigenvalue weighted by Crippen LogP contribution is 2.06. The van der Waals surface area contributed by atoms with Crippen LogP contribution < -0.4 is 10.6 Å². The van der Waals surface area contributed by atoms with Crippen LogP contribution in [0, 0.1) is 6.92 Å². The summed E-state index contributed by atoms with van der Waals surface area (Å²) in [7, 11) is 0. The molecule has 1 aromatic rings. The van der Waals surface area contributed by atoms with Crippen LogP contribution in [0.5, 0.6) is 0 Å². The number of rotatable bonds is 6. The maximum absolute atomic E-state index is 11.4. The van der Waals surface area contributed by atoms with Gasteiger partial charge < -0.3 is 15.4 Å². The largest absolute Gasteiger partial charge is 0.444 e.